The van der Waals surface area contributed by atoms with Crippen molar-refractivity contribution in [1.29, 1.82) is 0 Å². The average Bonchev–Trinajstić information content (AvgIpc) is 3.47. The van der Waals surface area contributed by atoms with Crippen LogP contribution in [0.5, 0.6) is 5.75 Å². The summed E-state index contributed by atoms with van der Waals surface area (Å²) in [6.07, 6.45) is 1.73. The van der Waals surface area contributed by atoms with Gasteiger partial charge in [0.05, 0.1) is 18.7 Å². The fourth-order valence-electron chi connectivity index (χ4n) is 3.97. The zero-order valence-corrected chi connectivity index (χ0v) is 19.8. The van der Waals surface area contributed by atoms with Gasteiger partial charge < -0.3 is 14.3 Å². The summed E-state index contributed by atoms with van der Waals surface area (Å²) in [6, 6.07) is 27.2. The fourth-order valence-corrected chi connectivity index (χ4v) is 3.97. The molecule has 0 saturated carbocycles. The molecule has 3 aromatic carbocycles. The van der Waals surface area contributed by atoms with Crippen molar-refractivity contribution in [3.8, 4) is 28.5 Å². The minimum absolute atomic E-state index is 0.0789. The first-order valence-corrected chi connectivity index (χ1v) is 11.6. The van der Waals surface area contributed by atoms with Gasteiger partial charge in [-0.1, -0.05) is 60.7 Å². The van der Waals surface area contributed by atoms with E-state index in [0.717, 1.165) is 33.9 Å². The van der Waals surface area contributed by atoms with E-state index in [1.165, 1.54) is 0 Å². The van der Waals surface area contributed by atoms with Crippen LogP contribution in [-0.2, 0) is 24.4 Å². The average molecular weight is 480 g/mol. The number of aryl methyl sites for hydroxylation is 1. The monoisotopic (exact) mass is 479 g/mol. The van der Waals surface area contributed by atoms with Crippen LogP contribution in [0, 0.1) is 6.92 Å². The van der Waals surface area contributed by atoms with Gasteiger partial charge in [-0.05, 0) is 36.8 Å². The van der Waals surface area contributed by atoms with E-state index in [4.69, 9.17) is 9.15 Å². The third-order valence-corrected chi connectivity index (χ3v) is 5.78. The summed E-state index contributed by atoms with van der Waals surface area (Å²) in [5.74, 6) is 1.15. The molecule has 0 unspecified atom stereocenters. The Balaban J connectivity index is 1.26. The van der Waals surface area contributed by atoms with E-state index in [2.05, 4.69) is 10.1 Å². The summed E-state index contributed by atoms with van der Waals surface area (Å²) in [7, 11) is 0. The number of hydrogen-bond donors (Lipinski definition) is 1. The van der Waals surface area contributed by atoms with Gasteiger partial charge in [0.15, 0.2) is 0 Å². The Kier molecular flexibility index (Phi) is 6.62. The summed E-state index contributed by atoms with van der Waals surface area (Å²) in [5, 5.41) is 14.0. The molecule has 0 aliphatic carbocycles. The topological polar surface area (TPSA) is 90.4 Å². The van der Waals surface area contributed by atoms with E-state index >= 15 is 0 Å². The maximum atomic E-state index is 11.4. The van der Waals surface area contributed by atoms with E-state index in [1.54, 1.807) is 10.9 Å². The molecule has 0 aliphatic heterocycles. The highest BCUT2D eigenvalue weighted by molar-refractivity contribution is 5.74. The molecule has 0 saturated heterocycles. The van der Waals surface area contributed by atoms with Gasteiger partial charge in [-0.25, -0.2) is 4.98 Å². The number of hydrogen-bond acceptors (Lipinski definition) is 5. The first-order chi connectivity index (χ1) is 17.5. The van der Waals surface area contributed by atoms with Crippen LogP contribution in [0.4, 0.5) is 0 Å². The van der Waals surface area contributed by atoms with Crippen molar-refractivity contribution in [2.75, 3.05) is 0 Å². The van der Waals surface area contributed by atoms with Gasteiger partial charge in [-0.3, -0.25) is 9.48 Å². The second-order valence-electron chi connectivity index (χ2n) is 8.46. The van der Waals surface area contributed by atoms with Crippen LogP contribution in [0.3, 0.4) is 0 Å². The lowest BCUT2D eigenvalue weighted by atomic mass is 10.1. The SMILES string of the molecule is Cc1oc(-c2ccccc2)nc1COc1ccc(Cn2cc(CC(=O)O)c(-c3ccccc3)n2)cc1. The lowest BCUT2D eigenvalue weighted by Gasteiger charge is -2.07. The van der Waals surface area contributed by atoms with Crippen LogP contribution in [-0.4, -0.2) is 25.8 Å². The van der Waals surface area contributed by atoms with Crippen molar-refractivity contribution in [1.82, 2.24) is 14.8 Å². The highest BCUT2D eigenvalue weighted by Gasteiger charge is 2.15. The zero-order valence-electron chi connectivity index (χ0n) is 19.8. The lowest BCUT2D eigenvalue weighted by molar-refractivity contribution is -0.136. The summed E-state index contributed by atoms with van der Waals surface area (Å²) < 4.78 is 13.5. The number of oxazole rings is 1. The maximum Gasteiger partial charge on any atom is 0.307 e. The Morgan fingerprint density at radius 1 is 0.944 bits per heavy atom. The third-order valence-electron chi connectivity index (χ3n) is 5.78. The van der Waals surface area contributed by atoms with Crippen LogP contribution >= 0.6 is 0 Å². The van der Waals surface area contributed by atoms with E-state index in [0.29, 0.717) is 30.3 Å². The molecule has 36 heavy (non-hydrogen) atoms. The molecule has 2 aromatic heterocycles. The highest BCUT2D eigenvalue weighted by Crippen LogP contribution is 2.24. The molecule has 5 rings (SSSR count). The zero-order chi connectivity index (χ0) is 24.9. The van der Waals surface area contributed by atoms with Gasteiger partial charge in [0.1, 0.15) is 23.8 Å². The Labute approximate surface area is 208 Å². The molecule has 0 aliphatic rings. The summed E-state index contributed by atoms with van der Waals surface area (Å²) in [6.45, 7) is 2.70. The van der Waals surface area contributed by atoms with Crippen molar-refractivity contribution in [3.63, 3.8) is 0 Å². The van der Waals surface area contributed by atoms with Crippen LogP contribution in [0.2, 0.25) is 0 Å². The quantitative estimate of drug-likeness (QED) is 0.289. The number of benzene rings is 3. The van der Waals surface area contributed by atoms with E-state index < -0.39 is 5.97 Å². The van der Waals surface area contributed by atoms with Crippen LogP contribution in [0.15, 0.2) is 95.5 Å². The first-order valence-electron chi connectivity index (χ1n) is 11.6. The number of aromatic nitrogens is 3. The maximum absolute atomic E-state index is 11.4. The summed E-state index contributed by atoms with van der Waals surface area (Å²) >= 11 is 0. The van der Waals surface area contributed by atoms with Gasteiger partial charge in [0.2, 0.25) is 5.89 Å². The van der Waals surface area contributed by atoms with Crippen molar-refractivity contribution in [2.45, 2.75) is 26.5 Å². The van der Waals surface area contributed by atoms with E-state index in [9.17, 15) is 9.90 Å². The van der Waals surface area contributed by atoms with Crippen molar-refractivity contribution < 1.29 is 19.1 Å². The van der Waals surface area contributed by atoms with Crippen LogP contribution < -0.4 is 4.74 Å². The largest absolute Gasteiger partial charge is 0.487 e. The Morgan fingerprint density at radius 3 is 2.28 bits per heavy atom. The first kappa shape index (κ1) is 23.1. The molecule has 7 heteroatoms. The Morgan fingerprint density at radius 2 is 1.61 bits per heavy atom. The van der Waals surface area contributed by atoms with Crippen molar-refractivity contribution in [2.24, 2.45) is 0 Å². The lowest BCUT2D eigenvalue weighted by Crippen LogP contribution is -2.01. The summed E-state index contributed by atoms with van der Waals surface area (Å²) in [4.78, 5) is 15.9. The molecule has 0 radical (unpaired) electrons. The van der Waals surface area contributed by atoms with Gasteiger partial charge in [-0.15, -0.1) is 0 Å². The number of rotatable bonds is 9. The van der Waals surface area contributed by atoms with Crippen molar-refractivity contribution >= 4 is 5.97 Å². The standard InChI is InChI=1S/C29H25N3O4/c1-20-26(30-29(36-20)23-10-6-3-7-11-23)19-35-25-14-12-21(13-15-25)17-32-18-24(16-27(33)34)28(31-32)22-8-4-2-5-9-22/h2-15,18H,16-17,19H2,1H3,(H,33,34). The molecule has 2 heterocycles. The molecular formula is C29H25N3O4. The van der Waals surface area contributed by atoms with Crippen molar-refractivity contribution in [3.05, 3.63) is 114 Å². The molecule has 0 amide bonds. The van der Waals surface area contributed by atoms with Gasteiger partial charge in [0, 0.05) is 22.9 Å². The molecule has 5 aromatic rings. The van der Waals surface area contributed by atoms with Crippen LogP contribution in [0.1, 0.15) is 22.6 Å². The molecule has 1 N–H and O–H groups in total. The predicted molar refractivity (Wildman–Crippen MR) is 136 cm³/mol. The number of aliphatic carboxylic acids is 1. The van der Waals surface area contributed by atoms with Gasteiger partial charge in [0.25, 0.3) is 0 Å². The number of ether oxygens (including phenoxy) is 1. The highest BCUT2D eigenvalue weighted by atomic mass is 16.5. The molecular weight excluding hydrogens is 454 g/mol. The molecule has 0 fully saturated rings. The van der Waals surface area contributed by atoms with Gasteiger partial charge >= 0.3 is 5.97 Å². The summed E-state index contributed by atoms with van der Waals surface area (Å²) in [5.41, 5.74) is 4.98. The second kappa shape index (κ2) is 10.3. The molecule has 7 nitrogen and oxygen atoms in total. The second-order valence-corrected chi connectivity index (χ2v) is 8.46. The number of carboxylic acids is 1. The number of carboxylic acid groups (broad SMARTS) is 1. The number of nitrogens with zero attached hydrogens (tertiary/aromatic N) is 3. The van der Waals surface area contributed by atoms with E-state index in [1.807, 2.05) is 91.9 Å². The minimum atomic E-state index is -0.883. The molecule has 180 valence electrons. The normalized spacial score (nSPS) is 10.9. The Bertz CT molecular complexity index is 1460. The number of carbonyl (C=O) groups is 1. The smallest absolute Gasteiger partial charge is 0.307 e. The van der Waals surface area contributed by atoms with Crippen LogP contribution in [0.25, 0.3) is 22.7 Å². The van der Waals surface area contributed by atoms with Gasteiger partial charge in [-0.2, -0.15) is 5.10 Å². The fraction of sp³-hybridized carbons (Fsp3) is 0.138. The third kappa shape index (κ3) is 5.36. The molecule has 0 atom stereocenters. The molecule has 0 bridgehead atoms. The molecule has 0 spiro atoms. The predicted octanol–water partition coefficient (Wildman–Crippen LogP) is 5.77. The Hall–Kier alpha value is -4.65. The van der Waals surface area contributed by atoms with E-state index in [-0.39, 0.29) is 6.42 Å². The minimum Gasteiger partial charge on any atom is -0.487 e.